The first-order chi connectivity index (χ1) is 8.84. The van der Waals surface area contributed by atoms with E-state index >= 15 is 0 Å². The monoisotopic (exact) mass is 293 g/mol. The molecule has 0 N–H and O–H groups in total. The van der Waals surface area contributed by atoms with Crippen LogP contribution in [-0.4, -0.2) is 57.2 Å². The van der Waals surface area contributed by atoms with Gasteiger partial charge in [0.2, 0.25) is 10.0 Å². The van der Waals surface area contributed by atoms with Crippen molar-refractivity contribution in [1.82, 2.24) is 4.31 Å². The number of hydrogen-bond donors (Lipinski definition) is 0. The van der Waals surface area contributed by atoms with Crippen molar-refractivity contribution < 1.29 is 27.5 Å². The zero-order chi connectivity index (χ0) is 14.6. The highest BCUT2D eigenvalue weighted by molar-refractivity contribution is 7.90. The minimum Gasteiger partial charge on any atom is -0.469 e. The van der Waals surface area contributed by atoms with Crippen molar-refractivity contribution in [3.8, 4) is 0 Å². The van der Waals surface area contributed by atoms with Gasteiger partial charge in [0, 0.05) is 13.1 Å². The predicted octanol–water partition coefficient (Wildman–Crippen LogP) is -0.237. The lowest BCUT2D eigenvalue weighted by atomic mass is 10.0. The van der Waals surface area contributed by atoms with Gasteiger partial charge in [-0.05, 0) is 19.8 Å². The maximum absolute atomic E-state index is 12.2. The van der Waals surface area contributed by atoms with Gasteiger partial charge in [0.15, 0.2) is 5.25 Å². The van der Waals surface area contributed by atoms with Gasteiger partial charge in [0.1, 0.15) is 0 Å². The topological polar surface area (TPSA) is 90.0 Å². The average Bonchev–Trinajstić information content (AvgIpc) is 2.44. The Bertz CT molecular complexity index is 446. The van der Waals surface area contributed by atoms with E-state index in [0.29, 0.717) is 19.4 Å². The highest BCUT2D eigenvalue weighted by Crippen LogP contribution is 2.22. The Morgan fingerprint density at radius 2 is 1.89 bits per heavy atom. The fraction of sp³-hybridized carbons (Fsp3) is 0.818. The summed E-state index contributed by atoms with van der Waals surface area (Å²) in [7, 11) is -1.39. The molecule has 0 aromatic rings. The van der Waals surface area contributed by atoms with Crippen LogP contribution in [0.4, 0.5) is 0 Å². The van der Waals surface area contributed by atoms with Gasteiger partial charge >= 0.3 is 11.9 Å². The molecule has 110 valence electrons. The fourth-order valence-corrected chi connectivity index (χ4v) is 3.60. The summed E-state index contributed by atoms with van der Waals surface area (Å²) in [5, 5.41) is -1.27. The Kier molecular flexibility index (Phi) is 5.30. The number of piperidine rings is 1. The molecule has 1 aliphatic rings. The number of methoxy groups -OCH3 is 2. The summed E-state index contributed by atoms with van der Waals surface area (Å²) >= 11 is 0. The zero-order valence-electron chi connectivity index (χ0n) is 11.3. The van der Waals surface area contributed by atoms with Crippen LogP contribution < -0.4 is 0 Å². The third kappa shape index (κ3) is 3.44. The van der Waals surface area contributed by atoms with Gasteiger partial charge in [0.05, 0.1) is 20.1 Å². The van der Waals surface area contributed by atoms with Gasteiger partial charge in [-0.15, -0.1) is 0 Å². The molecule has 0 bridgehead atoms. The molecule has 0 saturated carbocycles. The van der Waals surface area contributed by atoms with Gasteiger partial charge in [-0.3, -0.25) is 9.59 Å². The third-order valence-electron chi connectivity index (χ3n) is 3.26. The molecule has 1 rings (SSSR count). The molecular weight excluding hydrogens is 274 g/mol. The number of sulfonamides is 1. The van der Waals surface area contributed by atoms with Crippen LogP contribution in [0.2, 0.25) is 0 Å². The minimum absolute atomic E-state index is 0.0519. The fourth-order valence-electron chi connectivity index (χ4n) is 2.04. The molecule has 0 aliphatic carbocycles. The van der Waals surface area contributed by atoms with Crippen molar-refractivity contribution in [2.45, 2.75) is 25.0 Å². The summed E-state index contributed by atoms with van der Waals surface area (Å²) in [6.45, 7) is 1.64. The molecule has 8 heteroatoms. The van der Waals surface area contributed by atoms with Gasteiger partial charge in [0.25, 0.3) is 0 Å². The normalized spacial score (nSPS) is 22.6. The van der Waals surface area contributed by atoms with Crippen molar-refractivity contribution in [2.75, 3.05) is 27.3 Å². The van der Waals surface area contributed by atoms with Crippen LogP contribution in [-0.2, 0) is 29.1 Å². The Hall–Kier alpha value is -1.15. The molecular formula is C11H19NO6S. The number of rotatable bonds is 4. The predicted molar refractivity (Wildman–Crippen MR) is 66.7 cm³/mol. The SMILES string of the molecule is COC(=O)C1CCCN(S(=O)(=O)C(C)C(=O)OC)C1. The quantitative estimate of drug-likeness (QED) is 0.665. The summed E-state index contributed by atoms with van der Waals surface area (Å²) in [5.74, 6) is -1.70. The number of ether oxygens (including phenoxy) is 2. The average molecular weight is 293 g/mol. The molecule has 0 aromatic heterocycles. The number of carbonyl (C=O) groups is 2. The van der Waals surface area contributed by atoms with Crippen molar-refractivity contribution >= 4 is 22.0 Å². The van der Waals surface area contributed by atoms with Crippen LogP contribution in [0.1, 0.15) is 19.8 Å². The molecule has 0 aromatic carbocycles. The van der Waals surface area contributed by atoms with Crippen LogP contribution in [0.3, 0.4) is 0 Å². The van der Waals surface area contributed by atoms with Gasteiger partial charge in [-0.25, -0.2) is 12.7 Å². The molecule has 2 atom stereocenters. The molecule has 7 nitrogen and oxygen atoms in total. The Balaban J connectivity index is 2.84. The molecule has 0 radical (unpaired) electrons. The summed E-state index contributed by atoms with van der Waals surface area (Å²) < 4.78 is 34.7. The Morgan fingerprint density at radius 1 is 1.26 bits per heavy atom. The smallest absolute Gasteiger partial charge is 0.325 e. The lowest BCUT2D eigenvalue weighted by Crippen LogP contribution is -2.47. The number of carbonyl (C=O) groups excluding carboxylic acids is 2. The lowest BCUT2D eigenvalue weighted by Gasteiger charge is -2.31. The van der Waals surface area contributed by atoms with E-state index in [0.717, 1.165) is 7.11 Å². The highest BCUT2D eigenvalue weighted by atomic mass is 32.2. The van der Waals surface area contributed by atoms with Gasteiger partial charge < -0.3 is 9.47 Å². The third-order valence-corrected chi connectivity index (χ3v) is 5.40. The van der Waals surface area contributed by atoms with Crippen LogP contribution in [0.25, 0.3) is 0 Å². The number of hydrogen-bond acceptors (Lipinski definition) is 6. The maximum Gasteiger partial charge on any atom is 0.325 e. The van der Waals surface area contributed by atoms with Crippen LogP contribution in [0, 0.1) is 5.92 Å². The summed E-state index contributed by atoms with van der Waals surface area (Å²) in [6, 6.07) is 0. The largest absolute Gasteiger partial charge is 0.469 e. The van der Waals surface area contributed by atoms with E-state index in [4.69, 9.17) is 0 Å². The summed E-state index contributed by atoms with van der Waals surface area (Å²) in [6.07, 6.45) is 1.15. The van der Waals surface area contributed by atoms with Crippen LogP contribution in [0.5, 0.6) is 0 Å². The van der Waals surface area contributed by atoms with Crippen LogP contribution in [0.15, 0.2) is 0 Å². The van der Waals surface area contributed by atoms with Crippen LogP contribution >= 0.6 is 0 Å². The molecule has 0 spiro atoms. The lowest BCUT2D eigenvalue weighted by molar-refractivity contribution is -0.146. The first-order valence-corrected chi connectivity index (χ1v) is 7.49. The van der Waals surface area contributed by atoms with E-state index in [1.165, 1.54) is 18.3 Å². The van der Waals surface area contributed by atoms with E-state index in [1.54, 1.807) is 0 Å². The zero-order valence-corrected chi connectivity index (χ0v) is 12.1. The van der Waals surface area contributed by atoms with Crippen molar-refractivity contribution in [3.63, 3.8) is 0 Å². The maximum atomic E-state index is 12.2. The molecule has 1 heterocycles. The Labute approximate surface area is 112 Å². The first-order valence-electron chi connectivity index (χ1n) is 5.99. The summed E-state index contributed by atoms with van der Waals surface area (Å²) in [4.78, 5) is 22.8. The summed E-state index contributed by atoms with van der Waals surface area (Å²) in [5.41, 5.74) is 0. The van der Waals surface area contributed by atoms with Gasteiger partial charge in [-0.2, -0.15) is 0 Å². The van der Waals surface area contributed by atoms with E-state index in [-0.39, 0.29) is 6.54 Å². The second-order valence-electron chi connectivity index (χ2n) is 4.43. The van der Waals surface area contributed by atoms with Crippen molar-refractivity contribution in [1.29, 1.82) is 0 Å². The molecule has 1 aliphatic heterocycles. The van der Waals surface area contributed by atoms with Crippen molar-refractivity contribution in [2.24, 2.45) is 5.92 Å². The van der Waals surface area contributed by atoms with Crippen molar-refractivity contribution in [3.05, 3.63) is 0 Å². The Morgan fingerprint density at radius 3 is 2.42 bits per heavy atom. The van der Waals surface area contributed by atoms with E-state index in [9.17, 15) is 18.0 Å². The molecule has 0 amide bonds. The molecule has 2 unspecified atom stereocenters. The van der Waals surface area contributed by atoms with Gasteiger partial charge in [-0.1, -0.05) is 0 Å². The van der Waals surface area contributed by atoms with E-state index < -0.39 is 33.1 Å². The second-order valence-corrected chi connectivity index (χ2v) is 6.68. The van der Waals surface area contributed by atoms with E-state index in [2.05, 4.69) is 9.47 Å². The molecule has 19 heavy (non-hydrogen) atoms. The molecule has 1 fully saturated rings. The van der Waals surface area contributed by atoms with E-state index in [1.807, 2.05) is 0 Å². The first kappa shape index (κ1) is 15.9. The minimum atomic E-state index is -3.80. The second kappa shape index (κ2) is 6.33. The number of nitrogens with zero attached hydrogens (tertiary/aromatic N) is 1. The highest BCUT2D eigenvalue weighted by Gasteiger charge is 2.38. The standard InChI is InChI=1S/C11H19NO6S/c1-8(10(13)17-2)19(15,16)12-6-4-5-9(7-12)11(14)18-3/h8-9H,4-7H2,1-3H3. The number of esters is 2. The molecule has 1 saturated heterocycles.